The molecule has 0 aromatic carbocycles. The molecule has 3 aliphatic rings. The topological polar surface area (TPSA) is 107 Å². The van der Waals surface area contributed by atoms with Crippen LogP contribution >= 0.6 is 0 Å². The molecule has 0 unspecified atom stereocenters. The lowest BCUT2D eigenvalue weighted by Gasteiger charge is -2.41. The molecule has 3 fully saturated rings. The van der Waals surface area contributed by atoms with Crippen LogP contribution in [0.5, 0.6) is 0 Å². The fourth-order valence-electron chi connectivity index (χ4n) is 6.00. The third-order valence-electron chi connectivity index (χ3n) is 7.80. The van der Waals surface area contributed by atoms with Crippen molar-refractivity contribution in [1.29, 1.82) is 0 Å². The zero-order valence-corrected chi connectivity index (χ0v) is 19.5. The van der Waals surface area contributed by atoms with Crippen LogP contribution in [-0.2, 0) is 19.1 Å². The maximum absolute atomic E-state index is 14.0. The minimum absolute atomic E-state index is 0.0529. The summed E-state index contributed by atoms with van der Waals surface area (Å²) in [6.45, 7) is 10.4. The maximum atomic E-state index is 14.0. The Morgan fingerprint density at radius 3 is 2.66 bits per heavy atom. The molecule has 0 aromatic rings. The van der Waals surface area contributed by atoms with Crippen LogP contribution in [0.4, 0.5) is 0 Å². The number of nitrogens with zero attached hydrogens (tertiary/aromatic N) is 2. The van der Waals surface area contributed by atoms with E-state index in [4.69, 9.17) is 4.74 Å². The van der Waals surface area contributed by atoms with Crippen molar-refractivity contribution in [2.45, 2.75) is 83.1 Å². The van der Waals surface area contributed by atoms with Gasteiger partial charge in [0, 0.05) is 13.1 Å². The number of aliphatic carboxylic acids is 1. The van der Waals surface area contributed by atoms with Crippen molar-refractivity contribution in [2.24, 2.45) is 17.8 Å². The van der Waals surface area contributed by atoms with Gasteiger partial charge in [-0.25, -0.2) is 0 Å². The Morgan fingerprint density at radius 1 is 1.38 bits per heavy atom. The number of aliphatic hydroxyl groups is 1. The van der Waals surface area contributed by atoms with Crippen molar-refractivity contribution in [3.8, 4) is 0 Å². The molecule has 3 saturated heterocycles. The van der Waals surface area contributed by atoms with E-state index < -0.39 is 41.6 Å². The summed E-state index contributed by atoms with van der Waals surface area (Å²) in [4.78, 5) is 43.0. The molecule has 3 aliphatic heterocycles. The standard InChI is InChI=1S/C24H38N2O6/c1-5-8-9-13-25(12-6-2)22(29)20-24-11-10-17(32-24)18(23(30)31)19(24)21(28)26(20)16(14-27)15(4)7-3/h6,15-20,27H,2,5,7-14H2,1,3-4H3,(H,30,31)/t15-,16-,17-,18+,19+,20-,24+/m0/s1. The number of carboxylic acid groups (broad SMARTS) is 1. The van der Waals surface area contributed by atoms with Gasteiger partial charge in [-0.05, 0) is 25.2 Å². The summed E-state index contributed by atoms with van der Waals surface area (Å²) in [5.74, 6) is -3.57. The average molecular weight is 451 g/mol. The molecule has 1 spiro atoms. The van der Waals surface area contributed by atoms with E-state index in [2.05, 4.69) is 13.5 Å². The number of fused-ring (bicyclic) bond motifs is 1. The highest BCUT2D eigenvalue weighted by atomic mass is 16.5. The molecule has 180 valence electrons. The lowest BCUT2D eigenvalue weighted by molar-refractivity contribution is -0.154. The summed E-state index contributed by atoms with van der Waals surface area (Å²) in [6.07, 6.45) is 5.66. The number of rotatable bonds is 12. The van der Waals surface area contributed by atoms with Gasteiger partial charge in [-0.15, -0.1) is 6.58 Å². The highest BCUT2D eigenvalue weighted by Gasteiger charge is 2.75. The molecular formula is C24H38N2O6. The maximum Gasteiger partial charge on any atom is 0.310 e. The molecule has 0 aliphatic carbocycles. The number of hydrogen-bond donors (Lipinski definition) is 2. The number of unbranched alkanes of at least 4 members (excludes halogenated alkanes) is 2. The zero-order valence-electron chi connectivity index (χ0n) is 19.5. The highest BCUT2D eigenvalue weighted by molar-refractivity contribution is 5.98. The number of carbonyl (C=O) groups is 3. The van der Waals surface area contributed by atoms with Crippen molar-refractivity contribution < 1.29 is 29.3 Å². The Labute approximate surface area is 190 Å². The van der Waals surface area contributed by atoms with E-state index in [9.17, 15) is 24.6 Å². The van der Waals surface area contributed by atoms with Gasteiger partial charge < -0.3 is 24.7 Å². The Hall–Kier alpha value is -1.93. The number of carbonyl (C=O) groups excluding carboxylic acids is 2. The largest absolute Gasteiger partial charge is 0.481 e. The van der Waals surface area contributed by atoms with Gasteiger partial charge in [0.2, 0.25) is 11.8 Å². The molecule has 0 saturated carbocycles. The molecule has 0 radical (unpaired) electrons. The van der Waals surface area contributed by atoms with Gasteiger partial charge >= 0.3 is 5.97 Å². The molecule has 8 nitrogen and oxygen atoms in total. The molecule has 2 amide bonds. The van der Waals surface area contributed by atoms with Gasteiger partial charge in [-0.3, -0.25) is 14.4 Å². The fraction of sp³-hybridized carbons (Fsp3) is 0.792. The van der Waals surface area contributed by atoms with Crippen LogP contribution in [0.3, 0.4) is 0 Å². The second-order valence-corrected chi connectivity index (χ2v) is 9.56. The average Bonchev–Trinajstić information content (AvgIpc) is 3.41. The summed E-state index contributed by atoms with van der Waals surface area (Å²) < 4.78 is 6.26. The van der Waals surface area contributed by atoms with E-state index in [0.29, 0.717) is 32.4 Å². The third kappa shape index (κ3) is 3.85. The lowest BCUT2D eigenvalue weighted by atomic mass is 9.70. The Kier molecular flexibility index (Phi) is 7.65. The summed E-state index contributed by atoms with van der Waals surface area (Å²) in [6, 6.07) is -1.50. The van der Waals surface area contributed by atoms with Crippen LogP contribution in [0.25, 0.3) is 0 Å². The van der Waals surface area contributed by atoms with Crippen molar-refractivity contribution >= 4 is 17.8 Å². The SMILES string of the molecule is C=CCN(CCCCC)C(=O)[C@@H]1N([C@@H](CO)[C@@H](C)CC)C(=O)[C@H]2[C@H](C(=O)O)[C@@H]3CC[C@]12O3. The second kappa shape index (κ2) is 9.91. The molecular weight excluding hydrogens is 412 g/mol. The normalized spacial score (nSPS) is 32.6. The zero-order chi connectivity index (χ0) is 23.6. The molecule has 3 rings (SSSR count). The van der Waals surface area contributed by atoms with Gasteiger partial charge in [0.1, 0.15) is 11.6 Å². The first-order valence-corrected chi connectivity index (χ1v) is 12.0. The van der Waals surface area contributed by atoms with Gasteiger partial charge in [-0.1, -0.05) is 46.1 Å². The Balaban J connectivity index is 2.05. The molecule has 7 atom stereocenters. The van der Waals surface area contributed by atoms with E-state index in [-0.39, 0.29) is 24.3 Å². The molecule has 0 aromatic heterocycles. The quantitative estimate of drug-likeness (QED) is 0.348. The number of carboxylic acids is 1. The van der Waals surface area contributed by atoms with Crippen LogP contribution in [0.2, 0.25) is 0 Å². The Morgan fingerprint density at radius 2 is 2.09 bits per heavy atom. The van der Waals surface area contributed by atoms with Crippen molar-refractivity contribution in [1.82, 2.24) is 9.80 Å². The molecule has 2 bridgehead atoms. The first-order chi connectivity index (χ1) is 15.3. The third-order valence-corrected chi connectivity index (χ3v) is 7.80. The highest BCUT2D eigenvalue weighted by Crippen LogP contribution is 2.59. The summed E-state index contributed by atoms with van der Waals surface area (Å²) in [5.41, 5.74) is -1.15. The van der Waals surface area contributed by atoms with E-state index in [1.807, 2.05) is 13.8 Å². The van der Waals surface area contributed by atoms with E-state index >= 15 is 0 Å². The monoisotopic (exact) mass is 450 g/mol. The summed E-state index contributed by atoms with van der Waals surface area (Å²) in [7, 11) is 0. The summed E-state index contributed by atoms with van der Waals surface area (Å²) >= 11 is 0. The predicted molar refractivity (Wildman–Crippen MR) is 119 cm³/mol. The van der Waals surface area contributed by atoms with Crippen LogP contribution in [0.15, 0.2) is 12.7 Å². The number of likely N-dealkylation sites (tertiary alicyclic amines) is 1. The molecule has 32 heavy (non-hydrogen) atoms. The Bertz CT molecular complexity index is 742. The van der Waals surface area contributed by atoms with Crippen LogP contribution in [-0.4, -0.2) is 81.3 Å². The number of aliphatic hydroxyl groups excluding tert-OH is 1. The van der Waals surface area contributed by atoms with Crippen LogP contribution in [0.1, 0.15) is 59.3 Å². The van der Waals surface area contributed by atoms with Crippen LogP contribution < -0.4 is 0 Å². The van der Waals surface area contributed by atoms with E-state index in [1.165, 1.54) is 4.90 Å². The molecule has 8 heteroatoms. The van der Waals surface area contributed by atoms with E-state index in [1.54, 1.807) is 11.0 Å². The van der Waals surface area contributed by atoms with Crippen molar-refractivity contribution in [2.75, 3.05) is 19.7 Å². The van der Waals surface area contributed by atoms with Crippen molar-refractivity contribution in [3.05, 3.63) is 12.7 Å². The minimum atomic E-state index is -1.15. The number of ether oxygens (including phenoxy) is 1. The number of amides is 2. The van der Waals surface area contributed by atoms with Gasteiger partial charge in [0.05, 0.1) is 30.6 Å². The van der Waals surface area contributed by atoms with E-state index in [0.717, 1.165) is 19.3 Å². The van der Waals surface area contributed by atoms with Gasteiger partial charge in [-0.2, -0.15) is 0 Å². The summed E-state index contributed by atoms with van der Waals surface area (Å²) in [5, 5.41) is 20.1. The first-order valence-electron chi connectivity index (χ1n) is 12.0. The molecule has 3 heterocycles. The lowest BCUT2D eigenvalue weighted by Crippen LogP contribution is -2.59. The smallest absolute Gasteiger partial charge is 0.310 e. The minimum Gasteiger partial charge on any atom is -0.481 e. The van der Waals surface area contributed by atoms with Crippen molar-refractivity contribution in [3.63, 3.8) is 0 Å². The predicted octanol–water partition coefficient (Wildman–Crippen LogP) is 2.06. The first kappa shape index (κ1) is 24.7. The second-order valence-electron chi connectivity index (χ2n) is 9.56. The van der Waals surface area contributed by atoms with Gasteiger partial charge in [0.15, 0.2) is 0 Å². The molecule has 2 N–H and O–H groups in total. The fourth-order valence-corrected chi connectivity index (χ4v) is 6.00. The van der Waals surface area contributed by atoms with Crippen LogP contribution in [0, 0.1) is 17.8 Å². The van der Waals surface area contributed by atoms with Gasteiger partial charge in [0.25, 0.3) is 0 Å². The number of hydrogen-bond acceptors (Lipinski definition) is 5.